The van der Waals surface area contributed by atoms with Crippen LogP contribution >= 0.6 is 0 Å². The van der Waals surface area contributed by atoms with Gasteiger partial charge in [0.2, 0.25) is 0 Å². The molecule has 0 N–H and O–H groups in total. The van der Waals surface area contributed by atoms with E-state index < -0.39 is 0 Å². The standard InChI is InChI=1S/C15H21N3O/c1-5-13-10-14(12-6-8-17(3)9-7-12)15(19-4)11-18(13)16-2/h5-6,10-11H,2,7-9H2,1,3-4H3/b13-5-. The van der Waals surface area contributed by atoms with E-state index in [2.05, 4.69) is 35.9 Å². The summed E-state index contributed by atoms with van der Waals surface area (Å²) in [7, 11) is 3.83. The Balaban J connectivity index is 2.35. The number of allylic oxidation sites excluding steroid dienone is 3. The van der Waals surface area contributed by atoms with Gasteiger partial charge in [0.05, 0.1) is 19.0 Å². The molecule has 0 aromatic heterocycles. The van der Waals surface area contributed by atoms with Gasteiger partial charge in [0.15, 0.2) is 0 Å². The van der Waals surface area contributed by atoms with Crippen molar-refractivity contribution in [2.45, 2.75) is 13.3 Å². The summed E-state index contributed by atoms with van der Waals surface area (Å²) in [4.78, 5) is 2.30. The van der Waals surface area contributed by atoms with E-state index in [-0.39, 0.29) is 0 Å². The SMILES string of the molecule is C=NN1C=C(OC)C(C2=CCN(C)CC2)=C/C1=C/C. The quantitative estimate of drug-likeness (QED) is 0.729. The lowest BCUT2D eigenvalue weighted by atomic mass is 9.95. The Labute approximate surface area is 115 Å². The van der Waals surface area contributed by atoms with E-state index in [0.717, 1.165) is 36.5 Å². The van der Waals surface area contributed by atoms with Crippen LogP contribution < -0.4 is 0 Å². The lowest BCUT2D eigenvalue weighted by molar-refractivity contribution is 0.284. The minimum Gasteiger partial charge on any atom is -0.495 e. The second kappa shape index (κ2) is 5.89. The Hall–Kier alpha value is -1.81. The Morgan fingerprint density at radius 3 is 2.79 bits per heavy atom. The van der Waals surface area contributed by atoms with Crippen molar-refractivity contribution in [2.75, 3.05) is 27.2 Å². The van der Waals surface area contributed by atoms with Gasteiger partial charge in [-0.15, -0.1) is 0 Å². The molecular formula is C15H21N3O. The molecule has 0 aromatic rings. The molecule has 4 heteroatoms. The van der Waals surface area contributed by atoms with Gasteiger partial charge in [0, 0.05) is 25.4 Å². The van der Waals surface area contributed by atoms with E-state index in [1.165, 1.54) is 5.57 Å². The van der Waals surface area contributed by atoms with Gasteiger partial charge in [-0.25, -0.2) is 5.01 Å². The minimum atomic E-state index is 0.841. The van der Waals surface area contributed by atoms with Crippen molar-refractivity contribution >= 4 is 6.72 Å². The molecule has 102 valence electrons. The van der Waals surface area contributed by atoms with Crippen molar-refractivity contribution < 1.29 is 4.74 Å². The summed E-state index contributed by atoms with van der Waals surface area (Å²) < 4.78 is 5.49. The van der Waals surface area contributed by atoms with Gasteiger partial charge in [-0.05, 0) is 32.0 Å². The van der Waals surface area contributed by atoms with Crippen LogP contribution in [0.15, 0.2) is 52.1 Å². The summed E-state index contributed by atoms with van der Waals surface area (Å²) in [6.07, 6.45) is 9.34. The number of hydrogen-bond acceptors (Lipinski definition) is 4. The van der Waals surface area contributed by atoms with E-state index in [4.69, 9.17) is 4.74 Å². The monoisotopic (exact) mass is 259 g/mol. The summed E-state index contributed by atoms with van der Waals surface area (Å²) in [6, 6.07) is 0. The number of ether oxygens (including phenoxy) is 1. The molecule has 0 saturated carbocycles. The van der Waals surface area contributed by atoms with Gasteiger partial charge in [-0.3, -0.25) is 0 Å². The van der Waals surface area contributed by atoms with Crippen LogP contribution in [0.25, 0.3) is 0 Å². The first-order chi connectivity index (χ1) is 9.19. The average molecular weight is 259 g/mol. The van der Waals surface area contributed by atoms with Crippen LogP contribution in [-0.4, -0.2) is 43.9 Å². The van der Waals surface area contributed by atoms with Crippen molar-refractivity contribution in [1.82, 2.24) is 9.91 Å². The fraction of sp³-hybridized carbons (Fsp3) is 0.400. The maximum Gasteiger partial charge on any atom is 0.144 e. The second-order valence-corrected chi connectivity index (χ2v) is 4.70. The number of rotatable bonds is 3. The number of likely N-dealkylation sites (N-methyl/N-ethyl adjacent to an activating group) is 1. The molecule has 2 aliphatic heterocycles. The van der Waals surface area contributed by atoms with Gasteiger partial charge in [0.25, 0.3) is 0 Å². The highest BCUT2D eigenvalue weighted by Crippen LogP contribution is 2.31. The molecule has 4 nitrogen and oxygen atoms in total. The van der Waals surface area contributed by atoms with Crippen LogP contribution in [0.2, 0.25) is 0 Å². The van der Waals surface area contributed by atoms with E-state index in [1.807, 2.05) is 19.2 Å². The number of hydrogen-bond donors (Lipinski definition) is 0. The third kappa shape index (κ3) is 2.79. The molecular weight excluding hydrogens is 238 g/mol. The normalized spacial score (nSPS) is 22.8. The van der Waals surface area contributed by atoms with Crippen molar-refractivity contribution in [3.05, 3.63) is 47.0 Å². The molecule has 0 amide bonds. The number of hydrazone groups is 1. The molecule has 2 rings (SSSR count). The highest BCUT2D eigenvalue weighted by atomic mass is 16.5. The van der Waals surface area contributed by atoms with E-state index in [0.29, 0.717) is 0 Å². The molecule has 2 heterocycles. The molecule has 0 bridgehead atoms. The first-order valence-corrected chi connectivity index (χ1v) is 6.47. The van der Waals surface area contributed by atoms with E-state index >= 15 is 0 Å². The van der Waals surface area contributed by atoms with Crippen LogP contribution in [0, 0.1) is 0 Å². The smallest absolute Gasteiger partial charge is 0.144 e. The molecule has 0 aromatic carbocycles. The zero-order valence-corrected chi connectivity index (χ0v) is 11.9. The second-order valence-electron chi connectivity index (χ2n) is 4.70. The molecule has 0 unspecified atom stereocenters. The summed E-state index contributed by atoms with van der Waals surface area (Å²) in [5.41, 5.74) is 3.52. The molecule has 19 heavy (non-hydrogen) atoms. The molecule has 0 saturated heterocycles. The fourth-order valence-electron chi connectivity index (χ4n) is 2.31. The minimum absolute atomic E-state index is 0.841. The lowest BCUT2D eigenvalue weighted by Gasteiger charge is -2.28. The van der Waals surface area contributed by atoms with Crippen LogP contribution in [0.5, 0.6) is 0 Å². The molecule has 0 spiro atoms. The maximum atomic E-state index is 5.49. The largest absolute Gasteiger partial charge is 0.495 e. The Morgan fingerprint density at radius 2 is 2.26 bits per heavy atom. The Kier molecular flexibility index (Phi) is 4.22. The zero-order chi connectivity index (χ0) is 13.8. The Morgan fingerprint density at radius 1 is 1.47 bits per heavy atom. The fourth-order valence-corrected chi connectivity index (χ4v) is 2.31. The maximum absolute atomic E-state index is 5.49. The van der Waals surface area contributed by atoms with Gasteiger partial charge in [-0.2, -0.15) is 5.10 Å². The average Bonchev–Trinajstić information content (AvgIpc) is 2.46. The predicted molar refractivity (Wildman–Crippen MR) is 78.5 cm³/mol. The van der Waals surface area contributed by atoms with Gasteiger partial charge < -0.3 is 9.64 Å². The van der Waals surface area contributed by atoms with Crippen LogP contribution in [-0.2, 0) is 4.74 Å². The third-order valence-electron chi connectivity index (χ3n) is 3.49. The van der Waals surface area contributed by atoms with Crippen molar-refractivity contribution in [2.24, 2.45) is 5.10 Å². The van der Waals surface area contributed by atoms with Gasteiger partial charge in [-0.1, -0.05) is 12.2 Å². The van der Waals surface area contributed by atoms with Crippen LogP contribution in [0.1, 0.15) is 13.3 Å². The first kappa shape index (κ1) is 13.6. The predicted octanol–water partition coefficient (Wildman–Crippen LogP) is 2.50. The van der Waals surface area contributed by atoms with Crippen molar-refractivity contribution in [3.8, 4) is 0 Å². The molecule has 0 atom stereocenters. The number of methoxy groups -OCH3 is 1. The van der Waals surface area contributed by atoms with E-state index in [9.17, 15) is 0 Å². The Bertz CT molecular complexity index is 486. The molecule has 0 aliphatic carbocycles. The van der Waals surface area contributed by atoms with Gasteiger partial charge in [0.1, 0.15) is 5.76 Å². The molecule has 0 radical (unpaired) electrons. The highest BCUT2D eigenvalue weighted by Gasteiger charge is 2.21. The lowest BCUT2D eigenvalue weighted by Crippen LogP contribution is -2.25. The zero-order valence-electron chi connectivity index (χ0n) is 11.9. The molecule has 0 fully saturated rings. The van der Waals surface area contributed by atoms with Crippen molar-refractivity contribution in [3.63, 3.8) is 0 Å². The number of nitrogens with zero attached hydrogens (tertiary/aromatic N) is 3. The van der Waals surface area contributed by atoms with E-state index in [1.54, 1.807) is 12.1 Å². The first-order valence-electron chi connectivity index (χ1n) is 6.47. The summed E-state index contributed by atoms with van der Waals surface area (Å²) in [6.45, 7) is 7.64. The topological polar surface area (TPSA) is 28.1 Å². The van der Waals surface area contributed by atoms with Gasteiger partial charge >= 0.3 is 0 Å². The molecule has 2 aliphatic rings. The summed E-state index contributed by atoms with van der Waals surface area (Å²) in [5, 5.41) is 5.71. The van der Waals surface area contributed by atoms with Crippen LogP contribution in [0.3, 0.4) is 0 Å². The highest BCUT2D eigenvalue weighted by molar-refractivity contribution is 5.51. The third-order valence-corrected chi connectivity index (χ3v) is 3.49. The summed E-state index contributed by atoms with van der Waals surface area (Å²) in [5.74, 6) is 0.841. The van der Waals surface area contributed by atoms with Crippen molar-refractivity contribution in [1.29, 1.82) is 0 Å². The summed E-state index contributed by atoms with van der Waals surface area (Å²) >= 11 is 0. The van der Waals surface area contributed by atoms with Crippen LogP contribution in [0.4, 0.5) is 0 Å².